The van der Waals surface area contributed by atoms with E-state index in [0.29, 0.717) is 47.6 Å². The number of ketones is 1. The van der Waals surface area contributed by atoms with Gasteiger partial charge < -0.3 is 15.2 Å². The maximum absolute atomic E-state index is 12.7. The summed E-state index contributed by atoms with van der Waals surface area (Å²) < 4.78 is 0. The topological polar surface area (TPSA) is 82.3 Å². The van der Waals surface area contributed by atoms with Crippen LogP contribution in [-0.2, 0) is 6.42 Å². The molecular formula is C21H24ClN3O3. The van der Waals surface area contributed by atoms with Gasteiger partial charge in [0.25, 0.3) is 11.8 Å². The van der Waals surface area contributed by atoms with E-state index >= 15 is 0 Å². The second kappa shape index (κ2) is 8.19. The van der Waals surface area contributed by atoms with Crippen LogP contribution >= 0.6 is 11.6 Å². The van der Waals surface area contributed by atoms with E-state index in [4.69, 9.17) is 11.6 Å². The monoisotopic (exact) mass is 401 g/mol. The zero-order chi connectivity index (χ0) is 20.4. The van der Waals surface area contributed by atoms with Gasteiger partial charge in [-0.15, -0.1) is 0 Å². The molecule has 0 bridgehead atoms. The van der Waals surface area contributed by atoms with Crippen LogP contribution in [-0.4, -0.2) is 40.6 Å². The first-order chi connectivity index (χ1) is 13.4. The minimum absolute atomic E-state index is 0.0800. The van der Waals surface area contributed by atoms with Crippen molar-refractivity contribution in [3.05, 3.63) is 51.3 Å². The zero-order valence-electron chi connectivity index (χ0n) is 16.3. The number of H-pyrrole nitrogens is 1. The summed E-state index contributed by atoms with van der Waals surface area (Å²) in [6.07, 6.45) is 2.08. The Hall–Kier alpha value is -2.60. The molecule has 0 saturated heterocycles. The van der Waals surface area contributed by atoms with E-state index in [1.54, 1.807) is 30.0 Å². The zero-order valence-corrected chi connectivity index (χ0v) is 17.1. The van der Waals surface area contributed by atoms with E-state index in [1.807, 2.05) is 13.8 Å². The Kier molecular flexibility index (Phi) is 5.89. The highest BCUT2D eigenvalue weighted by Crippen LogP contribution is 2.28. The van der Waals surface area contributed by atoms with Crippen LogP contribution in [0.4, 0.5) is 5.69 Å². The van der Waals surface area contributed by atoms with Gasteiger partial charge in [-0.2, -0.15) is 0 Å². The van der Waals surface area contributed by atoms with Gasteiger partial charge in [0.05, 0.1) is 10.6 Å². The van der Waals surface area contributed by atoms with Crippen LogP contribution in [0.5, 0.6) is 0 Å². The Labute approximate surface area is 169 Å². The lowest BCUT2D eigenvalue weighted by Gasteiger charge is -2.19. The third-order valence-corrected chi connectivity index (χ3v) is 5.48. The van der Waals surface area contributed by atoms with Crippen molar-refractivity contribution in [3.63, 3.8) is 0 Å². The first-order valence-corrected chi connectivity index (χ1v) is 9.89. The molecule has 0 aliphatic heterocycles. The average molecular weight is 402 g/mol. The number of fused-ring (bicyclic) bond motifs is 1. The number of hydrogen-bond acceptors (Lipinski definition) is 3. The summed E-state index contributed by atoms with van der Waals surface area (Å²) in [5.74, 6) is -0.394. The van der Waals surface area contributed by atoms with Crippen LogP contribution in [0.2, 0.25) is 5.02 Å². The van der Waals surface area contributed by atoms with Crippen molar-refractivity contribution in [1.29, 1.82) is 0 Å². The lowest BCUT2D eigenvalue weighted by Crippen LogP contribution is -2.30. The van der Waals surface area contributed by atoms with Crippen LogP contribution in [0.15, 0.2) is 18.2 Å². The normalized spacial score (nSPS) is 13.2. The molecule has 0 spiro atoms. The second-order valence-corrected chi connectivity index (χ2v) is 7.29. The van der Waals surface area contributed by atoms with Crippen molar-refractivity contribution >= 4 is 34.9 Å². The molecule has 2 aromatic rings. The highest BCUT2D eigenvalue weighted by molar-refractivity contribution is 6.34. The van der Waals surface area contributed by atoms with Crippen LogP contribution in [0.25, 0.3) is 0 Å². The number of anilines is 1. The van der Waals surface area contributed by atoms with Gasteiger partial charge in [-0.05, 0) is 57.4 Å². The maximum Gasteiger partial charge on any atom is 0.272 e. The molecule has 0 unspecified atom stereocenters. The summed E-state index contributed by atoms with van der Waals surface area (Å²) in [6, 6.07) is 4.85. The van der Waals surface area contributed by atoms with Crippen LogP contribution in [0, 0.1) is 6.92 Å². The van der Waals surface area contributed by atoms with E-state index in [0.717, 1.165) is 18.5 Å². The fourth-order valence-corrected chi connectivity index (χ4v) is 3.90. The maximum atomic E-state index is 12.7. The SMILES string of the molecule is CCN(CC)C(=O)c1ccc(NC(=O)c2[nH]c3c(c2C)C(=O)CCC3)cc1Cl. The van der Waals surface area contributed by atoms with E-state index in [1.165, 1.54) is 0 Å². The Morgan fingerprint density at radius 2 is 1.93 bits per heavy atom. The highest BCUT2D eigenvalue weighted by Gasteiger charge is 2.26. The number of carbonyl (C=O) groups is 3. The van der Waals surface area contributed by atoms with Crippen molar-refractivity contribution < 1.29 is 14.4 Å². The van der Waals surface area contributed by atoms with Gasteiger partial charge in [0.1, 0.15) is 5.69 Å². The van der Waals surface area contributed by atoms with Crippen molar-refractivity contribution in [2.24, 2.45) is 0 Å². The summed E-state index contributed by atoms with van der Waals surface area (Å²) in [5, 5.41) is 3.08. The van der Waals surface area contributed by atoms with E-state index in [9.17, 15) is 14.4 Å². The third-order valence-electron chi connectivity index (χ3n) is 5.17. The smallest absolute Gasteiger partial charge is 0.272 e. The molecule has 0 fully saturated rings. The largest absolute Gasteiger partial charge is 0.354 e. The van der Waals surface area contributed by atoms with Gasteiger partial charge in [0, 0.05) is 36.5 Å². The average Bonchev–Trinajstić information content (AvgIpc) is 3.01. The predicted octanol–water partition coefficient (Wildman–Crippen LogP) is 4.23. The van der Waals surface area contributed by atoms with E-state index in [2.05, 4.69) is 10.3 Å². The number of nitrogens with zero attached hydrogens (tertiary/aromatic N) is 1. The molecule has 0 saturated carbocycles. The number of nitrogens with one attached hydrogen (secondary N) is 2. The Balaban J connectivity index is 1.81. The molecule has 1 aromatic carbocycles. The number of carbonyl (C=O) groups excluding carboxylic acids is 3. The molecule has 6 nitrogen and oxygen atoms in total. The summed E-state index contributed by atoms with van der Waals surface area (Å²) >= 11 is 6.29. The molecule has 2 amide bonds. The molecular weight excluding hydrogens is 378 g/mol. The molecule has 1 aromatic heterocycles. The molecule has 1 aliphatic rings. The number of benzene rings is 1. The number of aryl methyl sites for hydroxylation is 1. The highest BCUT2D eigenvalue weighted by atomic mass is 35.5. The standard InChI is InChI=1S/C21H24ClN3O3/c1-4-25(5-2)21(28)14-10-9-13(11-15(14)22)23-20(27)19-12(3)18-16(24-19)7-6-8-17(18)26/h9-11,24H,4-8H2,1-3H3,(H,23,27). The van der Waals surface area contributed by atoms with Gasteiger partial charge in [0.2, 0.25) is 0 Å². The lowest BCUT2D eigenvalue weighted by atomic mass is 9.94. The third kappa shape index (κ3) is 3.69. The second-order valence-electron chi connectivity index (χ2n) is 6.88. The summed E-state index contributed by atoms with van der Waals surface area (Å²) in [6.45, 7) is 6.80. The quantitative estimate of drug-likeness (QED) is 0.786. The van der Waals surface area contributed by atoms with E-state index < -0.39 is 0 Å². The number of Topliss-reactive ketones (excluding diaryl/α,β-unsaturated/α-hetero) is 1. The minimum Gasteiger partial charge on any atom is -0.354 e. The van der Waals surface area contributed by atoms with Crippen molar-refractivity contribution in [1.82, 2.24) is 9.88 Å². The summed E-state index contributed by atoms with van der Waals surface area (Å²) in [4.78, 5) is 42.1. The van der Waals surface area contributed by atoms with E-state index in [-0.39, 0.29) is 22.6 Å². The van der Waals surface area contributed by atoms with Crippen molar-refractivity contribution in [3.8, 4) is 0 Å². The van der Waals surface area contributed by atoms with Gasteiger partial charge in [0.15, 0.2) is 5.78 Å². The van der Waals surface area contributed by atoms with Crippen molar-refractivity contribution in [2.75, 3.05) is 18.4 Å². The number of aromatic amines is 1. The van der Waals surface area contributed by atoms with Crippen LogP contribution in [0.3, 0.4) is 0 Å². The number of rotatable bonds is 5. The molecule has 148 valence electrons. The molecule has 2 N–H and O–H groups in total. The molecule has 1 aliphatic carbocycles. The summed E-state index contributed by atoms with van der Waals surface area (Å²) in [7, 11) is 0. The fraction of sp³-hybridized carbons (Fsp3) is 0.381. The Bertz CT molecular complexity index is 945. The van der Waals surface area contributed by atoms with Gasteiger partial charge >= 0.3 is 0 Å². The van der Waals surface area contributed by atoms with Gasteiger partial charge in [-0.1, -0.05) is 11.6 Å². The molecule has 0 radical (unpaired) electrons. The number of amides is 2. The molecule has 7 heteroatoms. The number of hydrogen-bond donors (Lipinski definition) is 2. The number of halogens is 1. The first-order valence-electron chi connectivity index (χ1n) is 9.52. The first kappa shape index (κ1) is 20.1. The van der Waals surface area contributed by atoms with Crippen molar-refractivity contribution in [2.45, 2.75) is 40.0 Å². The summed E-state index contributed by atoms with van der Waals surface area (Å²) in [5.41, 5.74) is 3.44. The minimum atomic E-state index is -0.335. The van der Waals surface area contributed by atoms with Gasteiger partial charge in [-0.25, -0.2) is 0 Å². The predicted molar refractivity (Wildman–Crippen MR) is 109 cm³/mol. The molecule has 0 atom stereocenters. The Morgan fingerprint density at radius 3 is 2.54 bits per heavy atom. The molecule has 1 heterocycles. The van der Waals surface area contributed by atoms with Crippen LogP contribution < -0.4 is 5.32 Å². The fourth-order valence-electron chi connectivity index (χ4n) is 3.64. The molecule has 3 rings (SSSR count). The molecule has 28 heavy (non-hydrogen) atoms. The Morgan fingerprint density at radius 1 is 1.21 bits per heavy atom. The lowest BCUT2D eigenvalue weighted by molar-refractivity contribution is 0.0772. The number of aromatic nitrogens is 1. The van der Waals surface area contributed by atoms with Gasteiger partial charge in [-0.3, -0.25) is 14.4 Å². The van der Waals surface area contributed by atoms with Crippen LogP contribution in [0.1, 0.15) is 69.2 Å².